The maximum atomic E-state index is 15.6. The van der Waals surface area contributed by atoms with Crippen LogP contribution in [0, 0.1) is 16.6 Å². The normalized spacial score (nSPS) is 23.6. The molecular weight excluding hydrogens is 453 g/mol. The fourth-order valence-corrected chi connectivity index (χ4v) is 6.43. The highest BCUT2D eigenvalue weighted by Gasteiger charge is 2.72. The second-order valence-electron chi connectivity index (χ2n) is 10.9. The summed E-state index contributed by atoms with van der Waals surface area (Å²) in [5.41, 5.74) is 0.0802. The molecule has 36 heavy (non-hydrogen) atoms. The fourth-order valence-electron chi connectivity index (χ4n) is 6.43. The summed E-state index contributed by atoms with van der Waals surface area (Å²) < 4.78 is 15.6. The van der Waals surface area contributed by atoms with Crippen molar-refractivity contribution in [1.29, 1.82) is 0 Å². The Morgan fingerprint density at radius 3 is 2.08 bits per heavy atom. The number of hydrogen-bond acceptors (Lipinski definition) is 4. The molecule has 2 heterocycles. The molecule has 180 valence electrons. The van der Waals surface area contributed by atoms with Crippen molar-refractivity contribution in [2.75, 3.05) is 4.90 Å². The van der Waals surface area contributed by atoms with Crippen molar-refractivity contribution in [3.63, 3.8) is 0 Å². The first-order valence-electron chi connectivity index (χ1n) is 12.2. The Bertz CT molecular complexity index is 1450. The number of anilines is 1. The number of Topliss-reactive ketones (excluding diaryl/α,β-unsaturated/α-hetero) is 3. The van der Waals surface area contributed by atoms with Gasteiger partial charge in [0.25, 0.3) is 0 Å². The molecule has 0 bridgehead atoms. The highest BCUT2D eigenvalue weighted by Crippen LogP contribution is 2.61. The Balaban J connectivity index is 1.72. The van der Waals surface area contributed by atoms with E-state index in [1.165, 1.54) is 6.07 Å². The number of rotatable bonds is 2. The summed E-state index contributed by atoms with van der Waals surface area (Å²) in [4.78, 5) is 45.0. The van der Waals surface area contributed by atoms with Crippen LogP contribution in [0.2, 0.25) is 0 Å². The summed E-state index contributed by atoms with van der Waals surface area (Å²) in [6.45, 7) is 5.48. The van der Waals surface area contributed by atoms with Crippen molar-refractivity contribution in [3.8, 4) is 0 Å². The van der Waals surface area contributed by atoms with Crippen LogP contribution in [-0.2, 0) is 4.79 Å². The van der Waals surface area contributed by atoms with E-state index in [0.29, 0.717) is 11.1 Å². The number of carbonyl (C=O) groups is 3. The maximum Gasteiger partial charge on any atom is 0.180 e. The number of nitrogens with zero attached hydrogens (tertiary/aromatic N) is 1. The van der Waals surface area contributed by atoms with E-state index < -0.39 is 34.6 Å². The van der Waals surface area contributed by atoms with Gasteiger partial charge in [0.05, 0.1) is 12.1 Å². The molecule has 1 saturated heterocycles. The van der Waals surface area contributed by atoms with E-state index in [1.807, 2.05) is 62.1 Å². The number of hydrogen-bond donors (Lipinski definition) is 0. The van der Waals surface area contributed by atoms with E-state index >= 15 is 4.39 Å². The number of benzene rings is 3. The number of para-hydroxylation sites is 1. The van der Waals surface area contributed by atoms with Crippen LogP contribution in [-0.4, -0.2) is 29.4 Å². The van der Waals surface area contributed by atoms with Crippen molar-refractivity contribution in [1.82, 2.24) is 0 Å². The van der Waals surface area contributed by atoms with E-state index in [0.717, 1.165) is 11.3 Å². The highest BCUT2D eigenvalue weighted by atomic mass is 19.1. The molecule has 5 heteroatoms. The summed E-state index contributed by atoms with van der Waals surface area (Å²) in [6.07, 6.45) is 3.76. The topological polar surface area (TPSA) is 54.5 Å². The second-order valence-corrected chi connectivity index (χ2v) is 10.9. The first-order valence-corrected chi connectivity index (χ1v) is 12.2. The van der Waals surface area contributed by atoms with Crippen LogP contribution in [0.25, 0.3) is 6.08 Å². The standard InChI is InChI=1S/C31H26FNO3/c1-30(2,3)29(36)26-25(21-13-7-8-14-22(21)32)31(27(34)19-11-5-6-12-20(19)28(31)35)24-17-16-18-10-4-9-15-23(18)33(24)26/h4-17,24-26H,1-3H3/t24-,25-,26+/m1/s1. The van der Waals surface area contributed by atoms with Crippen molar-refractivity contribution in [2.24, 2.45) is 10.8 Å². The largest absolute Gasteiger partial charge is 0.352 e. The van der Waals surface area contributed by atoms with Crippen LogP contribution in [0.15, 0.2) is 78.9 Å². The minimum Gasteiger partial charge on any atom is -0.352 e. The Morgan fingerprint density at radius 2 is 1.44 bits per heavy atom. The second kappa shape index (κ2) is 7.57. The number of halogens is 1. The third-order valence-electron chi connectivity index (χ3n) is 7.96. The summed E-state index contributed by atoms with van der Waals surface area (Å²) in [6, 6.07) is 19.0. The van der Waals surface area contributed by atoms with Gasteiger partial charge in [0.2, 0.25) is 0 Å². The first-order chi connectivity index (χ1) is 17.2. The van der Waals surface area contributed by atoms with Gasteiger partial charge in [-0.2, -0.15) is 0 Å². The molecule has 3 aromatic carbocycles. The number of fused-ring (bicyclic) bond motifs is 5. The lowest BCUT2D eigenvalue weighted by molar-refractivity contribution is -0.127. The predicted molar refractivity (Wildman–Crippen MR) is 137 cm³/mol. The maximum absolute atomic E-state index is 15.6. The molecule has 3 aromatic rings. The van der Waals surface area contributed by atoms with Crippen molar-refractivity contribution < 1.29 is 18.8 Å². The lowest BCUT2D eigenvalue weighted by Gasteiger charge is -2.38. The van der Waals surface area contributed by atoms with Gasteiger partial charge in [0, 0.05) is 28.1 Å². The van der Waals surface area contributed by atoms with Crippen LogP contribution in [0.4, 0.5) is 10.1 Å². The van der Waals surface area contributed by atoms with Crippen LogP contribution in [0.1, 0.15) is 58.5 Å². The van der Waals surface area contributed by atoms with Crippen LogP contribution in [0.5, 0.6) is 0 Å². The van der Waals surface area contributed by atoms with Crippen molar-refractivity contribution in [3.05, 3.63) is 107 Å². The number of ketones is 3. The van der Waals surface area contributed by atoms with Gasteiger partial charge in [0.15, 0.2) is 17.3 Å². The summed E-state index contributed by atoms with van der Waals surface area (Å²) in [5, 5.41) is 0. The molecular formula is C31H26FNO3. The Morgan fingerprint density at radius 1 is 0.861 bits per heavy atom. The first kappa shape index (κ1) is 22.6. The molecule has 0 saturated carbocycles. The molecule has 4 nitrogen and oxygen atoms in total. The molecule has 0 unspecified atom stereocenters. The molecule has 1 spiro atoms. The van der Waals surface area contributed by atoms with Gasteiger partial charge in [0.1, 0.15) is 11.2 Å². The zero-order valence-corrected chi connectivity index (χ0v) is 20.4. The molecule has 3 atom stereocenters. The smallest absolute Gasteiger partial charge is 0.180 e. The van der Waals surface area contributed by atoms with E-state index in [1.54, 1.807) is 42.5 Å². The summed E-state index contributed by atoms with van der Waals surface area (Å²) in [5.74, 6) is -2.36. The van der Waals surface area contributed by atoms with Crippen LogP contribution >= 0.6 is 0 Å². The lowest BCUT2D eigenvalue weighted by Crippen LogP contribution is -2.49. The Hall–Kier alpha value is -3.86. The Labute approximate surface area is 209 Å². The predicted octanol–water partition coefficient (Wildman–Crippen LogP) is 5.87. The van der Waals surface area contributed by atoms with Gasteiger partial charge in [-0.25, -0.2) is 4.39 Å². The zero-order valence-electron chi connectivity index (χ0n) is 20.4. The monoisotopic (exact) mass is 479 g/mol. The van der Waals surface area contributed by atoms with Gasteiger partial charge in [-0.15, -0.1) is 0 Å². The summed E-state index contributed by atoms with van der Waals surface area (Å²) >= 11 is 0. The highest BCUT2D eigenvalue weighted by molar-refractivity contribution is 6.32. The lowest BCUT2D eigenvalue weighted by atomic mass is 9.63. The minimum absolute atomic E-state index is 0.140. The van der Waals surface area contributed by atoms with E-state index in [2.05, 4.69) is 0 Å². The minimum atomic E-state index is -1.67. The third-order valence-corrected chi connectivity index (χ3v) is 7.96. The van der Waals surface area contributed by atoms with Crippen LogP contribution < -0.4 is 4.90 Å². The van der Waals surface area contributed by atoms with Gasteiger partial charge < -0.3 is 4.90 Å². The Kier molecular flexibility index (Phi) is 4.75. The molecule has 3 aliphatic rings. The van der Waals surface area contributed by atoms with Gasteiger partial charge in [-0.3, -0.25) is 14.4 Å². The molecule has 6 rings (SSSR count). The van der Waals surface area contributed by atoms with E-state index in [4.69, 9.17) is 0 Å². The average molecular weight is 480 g/mol. The molecule has 0 aromatic heterocycles. The third kappa shape index (κ3) is 2.77. The summed E-state index contributed by atoms with van der Waals surface area (Å²) in [7, 11) is 0. The van der Waals surface area contributed by atoms with Crippen molar-refractivity contribution >= 4 is 29.1 Å². The van der Waals surface area contributed by atoms with Gasteiger partial charge in [-0.1, -0.05) is 93.6 Å². The number of carbonyl (C=O) groups excluding carboxylic acids is 3. The zero-order chi connectivity index (χ0) is 25.4. The van der Waals surface area contributed by atoms with Crippen LogP contribution in [0.3, 0.4) is 0 Å². The SMILES string of the molecule is CC(C)(C)C(=O)[C@@H]1[C@@H](c2ccccc2F)C2(C(=O)c3ccccc3C2=O)[C@H]2C=Cc3ccccc3N12. The van der Waals surface area contributed by atoms with E-state index in [9.17, 15) is 14.4 Å². The van der Waals surface area contributed by atoms with Crippen molar-refractivity contribution in [2.45, 2.75) is 38.8 Å². The molecule has 1 fully saturated rings. The molecule has 2 aliphatic heterocycles. The molecule has 1 aliphatic carbocycles. The van der Waals surface area contributed by atoms with E-state index in [-0.39, 0.29) is 22.9 Å². The molecule has 0 radical (unpaired) electrons. The van der Waals surface area contributed by atoms with Gasteiger partial charge >= 0.3 is 0 Å². The fraction of sp³-hybridized carbons (Fsp3) is 0.258. The molecule has 0 N–H and O–H groups in total. The quantitative estimate of drug-likeness (QED) is 0.431. The average Bonchev–Trinajstić information content (AvgIpc) is 3.30. The van der Waals surface area contributed by atoms with Gasteiger partial charge in [-0.05, 0) is 23.3 Å². The molecule has 0 amide bonds.